The van der Waals surface area contributed by atoms with E-state index in [1.807, 2.05) is 23.9 Å². The molecule has 1 aliphatic heterocycles. The van der Waals surface area contributed by atoms with Gasteiger partial charge in [-0.05, 0) is 64.4 Å². The Morgan fingerprint density at radius 2 is 1.18 bits per heavy atom. The number of furan rings is 2. The fourth-order valence-corrected chi connectivity index (χ4v) is 7.31. The Labute approximate surface area is 228 Å². The van der Waals surface area contributed by atoms with Gasteiger partial charge in [0.2, 0.25) is 0 Å². The second-order valence-electron chi connectivity index (χ2n) is 10.0. The van der Waals surface area contributed by atoms with Crippen molar-refractivity contribution in [1.29, 1.82) is 0 Å². The summed E-state index contributed by atoms with van der Waals surface area (Å²) in [5, 5.41) is 7.01. The van der Waals surface area contributed by atoms with E-state index in [-0.39, 0.29) is 0 Å². The highest BCUT2D eigenvalue weighted by Gasteiger charge is 2.22. The van der Waals surface area contributed by atoms with Crippen molar-refractivity contribution < 1.29 is 8.83 Å². The summed E-state index contributed by atoms with van der Waals surface area (Å²) in [4.78, 5) is 2.59. The first-order chi connectivity index (χ1) is 19.3. The number of benzene rings is 6. The standard InChI is InChI=1S/C36H20O2S/c1-2-8-22-21(7-1)15-16-28-34-27(12-6-13-31(34)38-36(22)28)30-19-18-29(37-30)23-17-20-33-35-25(23)10-5-11-26(35)24-9-3-4-14-32(24)39-33/h1-20H. The molecule has 0 fully saturated rings. The highest BCUT2D eigenvalue weighted by molar-refractivity contribution is 7.99. The van der Waals surface area contributed by atoms with Crippen molar-refractivity contribution in [1.82, 2.24) is 0 Å². The fraction of sp³-hybridized carbons (Fsp3) is 0. The predicted molar refractivity (Wildman–Crippen MR) is 161 cm³/mol. The van der Waals surface area contributed by atoms with Crippen LogP contribution in [0.4, 0.5) is 0 Å². The first kappa shape index (κ1) is 21.2. The number of fused-ring (bicyclic) bond motifs is 7. The minimum atomic E-state index is 0.839. The monoisotopic (exact) mass is 516 g/mol. The van der Waals surface area contributed by atoms with Crippen LogP contribution in [0.2, 0.25) is 0 Å². The third-order valence-corrected chi connectivity index (χ3v) is 9.06. The zero-order valence-corrected chi connectivity index (χ0v) is 21.6. The van der Waals surface area contributed by atoms with Gasteiger partial charge in [0.15, 0.2) is 0 Å². The molecule has 9 rings (SSSR count). The van der Waals surface area contributed by atoms with E-state index >= 15 is 0 Å². The topological polar surface area (TPSA) is 26.3 Å². The van der Waals surface area contributed by atoms with Gasteiger partial charge in [0.25, 0.3) is 0 Å². The molecule has 6 aromatic carbocycles. The van der Waals surface area contributed by atoms with E-state index in [0.29, 0.717) is 0 Å². The molecule has 3 heterocycles. The zero-order valence-electron chi connectivity index (χ0n) is 20.8. The normalized spacial score (nSPS) is 12.5. The average molecular weight is 517 g/mol. The quantitative estimate of drug-likeness (QED) is 0.229. The molecule has 3 heteroatoms. The molecule has 0 unspecified atom stereocenters. The maximum absolute atomic E-state index is 6.63. The maximum atomic E-state index is 6.63. The summed E-state index contributed by atoms with van der Waals surface area (Å²) in [6.07, 6.45) is 0. The second-order valence-corrected chi connectivity index (χ2v) is 11.1. The van der Waals surface area contributed by atoms with Crippen LogP contribution < -0.4 is 0 Å². The van der Waals surface area contributed by atoms with Gasteiger partial charge in [0, 0.05) is 42.5 Å². The smallest absolute Gasteiger partial charge is 0.143 e. The number of hydrogen-bond donors (Lipinski definition) is 0. The molecule has 2 nitrogen and oxygen atoms in total. The van der Waals surface area contributed by atoms with Crippen LogP contribution in [0.25, 0.3) is 77.3 Å². The van der Waals surface area contributed by atoms with E-state index in [1.54, 1.807) is 0 Å². The Hall–Kier alpha value is -4.73. The summed E-state index contributed by atoms with van der Waals surface area (Å²) < 4.78 is 13.0. The summed E-state index contributed by atoms with van der Waals surface area (Å²) in [5.41, 5.74) is 6.52. The van der Waals surface area contributed by atoms with Gasteiger partial charge in [-0.1, -0.05) is 90.6 Å². The molecule has 0 spiro atoms. The molecular formula is C36H20O2S. The van der Waals surface area contributed by atoms with E-state index in [9.17, 15) is 0 Å². The molecule has 8 aromatic rings. The van der Waals surface area contributed by atoms with Crippen molar-refractivity contribution in [3.8, 4) is 33.8 Å². The zero-order chi connectivity index (χ0) is 25.5. The maximum Gasteiger partial charge on any atom is 0.143 e. The van der Waals surface area contributed by atoms with Crippen molar-refractivity contribution in [2.24, 2.45) is 0 Å². The van der Waals surface area contributed by atoms with Crippen molar-refractivity contribution in [3.05, 3.63) is 121 Å². The van der Waals surface area contributed by atoms with E-state index in [0.717, 1.165) is 50.0 Å². The molecule has 1 aliphatic rings. The van der Waals surface area contributed by atoms with Crippen LogP contribution in [0.1, 0.15) is 0 Å². The van der Waals surface area contributed by atoms with E-state index in [1.165, 1.54) is 37.1 Å². The predicted octanol–water partition coefficient (Wildman–Crippen LogP) is 11.0. The number of rotatable bonds is 2. The third-order valence-electron chi connectivity index (χ3n) is 7.92. The Morgan fingerprint density at radius 3 is 2.15 bits per heavy atom. The third kappa shape index (κ3) is 2.99. The SMILES string of the molecule is c1ccc2c(c1)Sc1ccc(-c3ccc(-c4cccc5oc6c7ccccc7ccc6c45)o3)c3cccc-2c13. The van der Waals surface area contributed by atoms with Gasteiger partial charge in [0.05, 0.1) is 0 Å². The second kappa shape index (κ2) is 7.89. The Bertz CT molecular complexity index is 2270. The first-order valence-electron chi connectivity index (χ1n) is 13.1. The van der Waals surface area contributed by atoms with Gasteiger partial charge in [-0.25, -0.2) is 0 Å². The van der Waals surface area contributed by atoms with Gasteiger partial charge in [0.1, 0.15) is 22.7 Å². The summed E-state index contributed by atoms with van der Waals surface area (Å²) in [7, 11) is 0. The number of hydrogen-bond acceptors (Lipinski definition) is 3. The lowest BCUT2D eigenvalue weighted by atomic mass is 9.94. The molecule has 0 atom stereocenters. The minimum Gasteiger partial charge on any atom is -0.456 e. The van der Waals surface area contributed by atoms with Crippen molar-refractivity contribution >= 4 is 55.2 Å². The summed E-state index contributed by atoms with van der Waals surface area (Å²) in [5.74, 6) is 1.71. The van der Waals surface area contributed by atoms with E-state index in [2.05, 4.69) is 109 Å². The molecule has 0 radical (unpaired) electrons. The summed E-state index contributed by atoms with van der Waals surface area (Å²) in [6, 6.07) is 42.8. The lowest BCUT2D eigenvalue weighted by Gasteiger charge is -2.21. The minimum absolute atomic E-state index is 0.839. The summed E-state index contributed by atoms with van der Waals surface area (Å²) in [6.45, 7) is 0. The highest BCUT2D eigenvalue weighted by atomic mass is 32.2. The van der Waals surface area contributed by atoms with Crippen LogP contribution >= 0.6 is 11.8 Å². The first-order valence-corrected chi connectivity index (χ1v) is 13.9. The van der Waals surface area contributed by atoms with Gasteiger partial charge in [-0.2, -0.15) is 0 Å². The van der Waals surface area contributed by atoms with E-state index in [4.69, 9.17) is 8.83 Å². The Morgan fingerprint density at radius 1 is 0.410 bits per heavy atom. The van der Waals surface area contributed by atoms with Crippen LogP contribution in [-0.2, 0) is 0 Å². The van der Waals surface area contributed by atoms with Gasteiger partial charge in [-0.15, -0.1) is 0 Å². The molecule has 0 saturated carbocycles. The molecule has 0 N–H and O–H groups in total. The highest BCUT2D eigenvalue weighted by Crippen LogP contribution is 2.50. The molecule has 2 aromatic heterocycles. The largest absolute Gasteiger partial charge is 0.456 e. The van der Waals surface area contributed by atoms with Gasteiger partial charge < -0.3 is 8.83 Å². The van der Waals surface area contributed by atoms with Gasteiger partial charge >= 0.3 is 0 Å². The van der Waals surface area contributed by atoms with E-state index < -0.39 is 0 Å². The lowest BCUT2D eigenvalue weighted by Crippen LogP contribution is -1.93. The van der Waals surface area contributed by atoms with Gasteiger partial charge in [-0.3, -0.25) is 0 Å². The summed E-state index contributed by atoms with van der Waals surface area (Å²) >= 11 is 1.84. The molecule has 0 aliphatic carbocycles. The van der Waals surface area contributed by atoms with Crippen LogP contribution in [0.5, 0.6) is 0 Å². The van der Waals surface area contributed by atoms with Crippen molar-refractivity contribution in [2.75, 3.05) is 0 Å². The molecule has 0 bridgehead atoms. The molecule has 182 valence electrons. The molecular weight excluding hydrogens is 496 g/mol. The van der Waals surface area contributed by atoms with Crippen LogP contribution in [0.3, 0.4) is 0 Å². The van der Waals surface area contributed by atoms with Crippen LogP contribution in [-0.4, -0.2) is 0 Å². The average Bonchev–Trinajstić information content (AvgIpc) is 3.63. The Balaban J connectivity index is 1.24. The molecule has 0 saturated heterocycles. The lowest BCUT2D eigenvalue weighted by molar-refractivity contribution is 0.598. The van der Waals surface area contributed by atoms with Crippen molar-refractivity contribution in [2.45, 2.75) is 9.79 Å². The molecule has 0 amide bonds. The van der Waals surface area contributed by atoms with Crippen molar-refractivity contribution in [3.63, 3.8) is 0 Å². The van der Waals surface area contributed by atoms with Crippen LogP contribution in [0.15, 0.2) is 140 Å². The molecule has 39 heavy (non-hydrogen) atoms. The Kier molecular flexibility index (Phi) is 4.29. The fourth-order valence-electron chi connectivity index (χ4n) is 6.18. The van der Waals surface area contributed by atoms with Crippen LogP contribution in [0, 0.1) is 0 Å².